The summed E-state index contributed by atoms with van der Waals surface area (Å²) >= 11 is 0. The Hall–Kier alpha value is -2.89. The summed E-state index contributed by atoms with van der Waals surface area (Å²) in [5.41, 5.74) is 2.94. The predicted molar refractivity (Wildman–Crippen MR) is 71.0 cm³/mol. The van der Waals surface area contributed by atoms with Gasteiger partial charge in [-0.3, -0.25) is 10.3 Å². The van der Waals surface area contributed by atoms with E-state index < -0.39 is 6.09 Å². The topological polar surface area (TPSA) is 90.9 Å². The number of carboxylic acid groups (broad SMARTS) is 1. The fourth-order valence-corrected chi connectivity index (χ4v) is 1.89. The number of hydrogen-bond donors (Lipinski definition) is 3. The molecule has 94 valence electrons. The lowest BCUT2D eigenvalue weighted by Gasteiger charge is -2.04. The molecule has 0 aromatic carbocycles. The summed E-state index contributed by atoms with van der Waals surface area (Å²) in [4.78, 5) is 21.9. The molecule has 1 amide bonds. The van der Waals surface area contributed by atoms with E-state index in [-0.39, 0.29) is 0 Å². The van der Waals surface area contributed by atoms with Gasteiger partial charge in [-0.1, -0.05) is 0 Å². The van der Waals surface area contributed by atoms with Crippen LogP contribution in [-0.2, 0) is 0 Å². The first-order valence-electron chi connectivity index (χ1n) is 5.61. The fraction of sp³-hybridized carbons (Fsp3) is 0. The number of amides is 1. The molecule has 0 bridgehead atoms. The van der Waals surface area contributed by atoms with Crippen molar-refractivity contribution in [3.63, 3.8) is 0 Å². The summed E-state index contributed by atoms with van der Waals surface area (Å²) in [6, 6.07) is 5.62. The zero-order valence-electron chi connectivity index (χ0n) is 9.79. The number of rotatable bonds is 2. The van der Waals surface area contributed by atoms with Crippen LogP contribution in [0, 0.1) is 0 Å². The number of fused-ring (bicyclic) bond motifs is 1. The molecule has 0 atom stereocenters. The van der Waals surface area contributed by atoms with Crippen LogP contribution in [-0.4, -0.2) is 26.2 Å². The molecule has 0 unspecified atom stereocenters. The van der Waals surface area contributed by atoms with E-state index in [1.54, 1.807) is 18.5 Å². The molecule has 6 nitrogen and oxygen atoms in total. The van der Waals surface area contributed by atoms with E-state index >= 15 is 0 Å². The largest absolute Gasteiger partial charge is 0.465 e. The number of hydrogen-bond acceptors (Lipinski definition) is 3. The smallest absolute Gasteiger partial charge is 0.409 e. The number of H-pyrrole nitrogens is 1. The third-order valence-electron chi connectivity index (χ3n) is 2.72. The Labute approximate surface area is 108 Å². The second kappa shape index (κ2) is 4.41. The molecule has 6 heteroatoms. The van der Waals surface area contributed by atoms with Crippen LogP contribution in [0.4, 0.5) is 10.5 Å². The minimum atomic E-state index is -1.11. The second-order valence-corrected chi connectivity index (χ2v) is 4.03. The highest BCUT2D eigenvalue weighted by Crippen LogP contribution is 2.23. The van der Waals surface area contributed by atoms with Gasteiger partial charge in [0.2, 0.25) is 0 Å². The Kier molecular flexibility index (Phi) is 2.60. The standard InChI is InChI=1S/C13H10N4O2/c18-13(19)17-11-4-10(5-14-7-11)9-3-8-1-2-15-12(8)16-6-9/h1-7,17H,(H,15,16)(H,18,19). The average molecular weight is 254 g/mol. The SMILES string of the molecule is O=C(O)Nc1cncc(-c2cnc3[nH]ccc3c2)c1. The quantitative estimate of drug-likeness (QED) is 0.655. The molecule has 0 radical (unpaired) electrons. The van der Waals surface area contributed by atoms with E-state index in [1.165, 1.54) is 6.20 Å². The van der Waals surface area contributed by atoms with E-state index in [4.69, 9.17) is 5.11 Å². The van der Waals surface area contributed by atoms with E-state index in [0.29, 0.717) is 5.69 Å². The van der Waals surface area contributed by atoms with Gasteiger partial charge in [-0.05, 0) is 18.2 Å². The lowest BCUT2D eigenvalue weighted by atomic mass is 10.1. The summed E-state index contributed by atoms with van der Waals surface area (Å²) in [6.45, 7) is 0. The van der Waals surface area contributed by atoms with Gasteiger partial charge in [-0.2, -0.15) is 0 Å². The van der Waals surface area contributed by atoms with Crippen LogP contribution < -0.4 is 5.32 Å². The van der Waals surface area contributed by atoms with Crippen molar-refractivity contribution in [2.75, 3.05) is 5.32 Å². The van der Waals surface area contributed by atoms with Crippen molar-refractivity contribution in [3.05, 3.63) is 43.0 Å². The van der Waals surface area contributed by atoms with E-state index in [9.17, 15) is 4.79 Å². The first kappa shape index (κ1) is 11.2. The van der Waals surface area contributed by atoms with Crippen molar-refractivity contribution >= 4 is 22.8 Å². The lowest BCUT2D eigenvalue weighted by molar-refractivity contribution is 0.209. The van der Waals surface area contributed by atoms with Gasteiger partial charge >= 0.3 is 6.09 Å². The highest BCUT2D eigenvalue weighted by atomic mass is 16.4. The molecule has 0 aliphatic heterocycles. The molecule has 19 heavy (non-hydrogen) atoms. The molecule has 0 aliphatic rings. The minimum absolute atomic E-state index is 0.430. The van der Waals surface area contributed by atoms with Gasteiger partial charge < -0.3 is 10.1 Å². The van der Waals surface area contributed by atoms with E-state index in [1.807, 2.05) is 18.3 Å². The van der Waals surface area contributed by atoms with Crippen molar-refractivity contribution in [2.45, 2.75) is 0 Å². The zero-order chi connectivity index (χ0) is 13.2. The van der Waals surface area contributed by atoms with Gasteiger partial charge in [-0.15, -0.1) is 0 Å². The minimum Gasteiger partial charge on any atom is -0.465 e. The number of nitrogens with one attached hydrogen (secondary N) is 2. The van der Waals surface area contributed by atoms with Gasteiger partial charge in [0.25, 0.3) is 0 Å². The molecular weight excluding hydrogens is 244 g/mol. The zero-order valence-corrected chi connectivity index (χ0v) is 9.79. The van der Waals surface area contributed by atoms with Crippen LogP contribution in [0.1, 0.15) is 0 Å². The van der Waals surface area contributed by atoms with Crippen LogP contribution in [0.3, 0.4) is 0 Å². The summed E-state index contributed by atoms with van der Waals surface area (Å²) in [5, 5.41) is 12.0. The normalized spacial score (nSPS) is 10.5. The Morgan fingerprint density at radius 2 is 2.05 bits per heavy atom. The molecule has 3 aromatic heterocycles. The predicted octanol–water partition coefficient (Wildman–Crippen LogP) is 2.71. The number of aromatic nitrogens is 3. The second-order valence-electron chi connectivity index (χ2n) is 4.03. The summed E-state index contributed by atoms with van der Waals surface area (Å²) in [6.07, 6.45) is 5.56. The highest BCUT2D eigenvalue weighted by molar-refractivity contribution is 5.85. The van der Waals surface area contributed by atoms with Gasteiger partial charge in [0.05, 0.1) is 11.9 Å². The van der Waals surface area contributed by atoms with Crippen molar-refractivity contribution in [3.8, 4) is 11.1 Å². The Bertz CT molecular complexity index is 751. The molecule has 3 rings (SSSR count). The lowest BCUT2D eigenvalue weighted by Crippen LogP contribution is -2.07. The van der Waals surface area contributed by atoms with Gasteiger partial charge in [0.15, 0.2) is 0 Å². The third kappa shape index (κ3) is 2.23. The first-order valence-corrected chi connectivity index (χ1v) is 5.61. The molecular formula is C13H10N4O2. The van der Waals surface area contributed by atoms with Crippen LogP contribution in [0.2, 0.25) is 0 Å². The van der Waals surface area contributed by atoms with Gasteiger partial charge in [0.1, 0.15) is 5.65 Å². The number of anilines is 1. The van der Waals surface area contributed by atoms with Crippen molar-refractivity contribution in [1.29, 1.82) is 0 Å². The molecule has 3 N–H and O–H groups in total. The van der Waals surface area contributed by atoms with E-state index in [0.717, 1.165) is 22.2 Å². The van der Waals surface area contributed by atoms with Crippen LogP contribution in [0.25, 0.3) is 22.2 Å². The van der Waals surface area contributed by atoms with Crippen LogP contribution >= 0.6 is 0 Å². The molecule has 0 fully saturated rings. The van der Waals surface area contributed by atoms with Crippen LogP contribution in [0.5, 0.6) is 0 Å². The Morgan fingerprint density at radius 1 is 1.21 bits per heavy atom. The monoisotopic (exact) mass is 254 g/mol. The van der Waals surface area contributed by atoms with E-state index in [2.05, 4.69) is 20.3 Å². The molecule has 0 saturated heterocycles. The summed E-state index contributed by atoms with van der Waals surface area (Å²) < 4.78 is 0. The number of aromatic amines is 1. The fourth-order valence-electron chi connectivity index (χ4n) is 1.89. The van der Waals surface area contributed by atoms with Gasteiger partial charge in [0, 0.05) is 35.1 Å². The van der Waals surface area contributed by atoms with Crippen molar-refractivity contribution < 1.29 is 9.90 Å². The molecule has 3 heterocycles. The van der Waals surface area contributed by atoms with Crippen LogP contribution in [0.15, 0.2) is 43.0 Å². The number of carbonyl (C=O) groups is 1. The summed E-state index contributed by atoms with van der Waals surface area (Å²) in [7, 11) is 0. The average Bonchev–Trinajstić information content (AvgIpc) is 2.85. The maximum atomic E-state index is 10.6. The van der Waals surface area contributed by atoms with Gasteiger partial charge in [-0.25, -0.2) is 9.78 Å². The highest BCUT2D eigenvalue weighted by Gasteiger charge is 2.04. The maximum absolute atomic E-state index is 10.6. The molecule has 0 spiro atoms. The Balaban J connectivity index is 2.02. The summed E-state index contributed by atoms with van der Waals surface area (Å²) in [5.74, 6) is 0. The first-order chi connectivity index (χ1) is 9.22. The number of nitrogens with zero attached hydrogens (tertiary/aromatic N) is 2. The molecule has 0 aliphatic carbocycles. The van der Waals surface area contributed by atoms with Crippen molar-refractivity contribution in [1.82, 2.24) is 15.0 Å². The number of pyridine rings is 2. The Morgan fingerprint density at radius 3 is 2.89 bits per heavy atom. The maximum Gasteiger partial charge on any atom is 0.409 e. The van der Waals surface area contributed by atoms with Crippen molar-refractivity contribution in [2.24, 2.45) is 0 Å². The third-order valence-corrected chi connectivity index (χ3v) is 2.72. The molecule has 3 aromatic rings. The molecule has 0 saturated carbocycles.